The van der Waals surface area contributed by atoms with Gasteiger partial charge in [-0.1, -0.05) is 51.1 Å². The number of hydrogen-bond acceptors (Lipinski definition) is 5. The van der Waals surface area contributed by atoms with Gasteiger partial charge in [0.25, 0.3) is 0 Å². The molecule has 0 radical (unpaired) electrons. The molecule has 0 heterocycles. The highest BCUT2D eigenvalue weighted by atomic mass is 16.5. The van der Waals surface area contributed by atoms with Crippen LogP contribution in [0.1, 0.15) is 39.7 Å². The van der Waals surface area contributed by atoms with E-state index in [1.165, 1.54) is 0 Å². The fourth-order valence-electron chi connectivity index (χ4n) is 2.48. The summed E-state index contributed by atoms with van der Waals surface area (Å²) in [5.74, 6) is -1.13. The van der Waals surface area contributed by atoms with Gasteiger partial charge in [-0.3, -0.25) is 9.59 Å². The molecule has 0 bridgehead atoms. The van der Waals surface area contributed by atoms with E-state index >= 15 is 0 Å². The summed E-state index contributed by atoms with van der Waals surface area (Å²) in [6.07, 6.45) is -1.23. The van der Waals surface area contributed by atoms with E-state index in [-0.39, 0.29) is 24.7 Å². The number of benzene rings is 1. The first-order chi connectivity index (χ1) is 11.3. The molecule has 0 aliphatic rings. The van der Waals surface area contributed by atoms with Crippen LogP contribution in [0.4, 0.5) is 0 Å². The molecule has 0 saturated carbocycles. The minimum atomic E-state index is -1.04. The fraction of sp³-hybridized carbons (Fsp3) is 0.579. The van der Waals surface area contributed by atoms with E-state index in [1.807, 2.05) is 37.3 Å². The van der Waals surface area contributed by atoms with E-state index in [2.05, 4.69) is 0 Å². The van der Waals surface area contributed by atoms with Crippen LogP contribution in [-0.2, 0) is 25.7 Å². The smallest absolute Gasteiger partial charge is 0.313 e. The Morgan fingerprint density at radius 2 is 1.83 bits per heavy atom. The molecular formula is C19H28O5. The summed E-state index contributed by atoms with van der Waals surface area (Å²) in [5, 5.41) is 10.5. The Balaban J connectivity index is 2.51. The van der Waals surface area contributed by atoms with Crippen LogP contribution < -0.4 is 0 Å². The third kappa shape index (κ3) is 6.06. The quantitative estimate of drug-likeness (QED) is 0.525. The topological polar surface area (TPSA) is 72.8 Å². The second-order valence-electron chi connectivity index (χ2n) is 6.55. The van der Waals surface area contributed by atoms with Gasteiger partial charge < -0.3 is 14.6 Å². The van der Waals surface area contributed by atoms with Crippen LogP contribution in [-0.4, -0.2) is 36.2 Å². The number of aliphatic hydroxyl groups excluding tert-OH is 1. The predicted octanol–water partition coefficient (Wildman–Crippen LogP) is 2.75. The molecule has 5 nitrogen and oxygen atoms in total. The zero-order valence-corrected chi connectivity index (χ0v) is 15.0. The molecule has 0 aromatic heterocycles. The Labute approximate surface area is 144 Å². The molecule has 5 heteroatoms. The van der Waals surface area contributed by atoms with Gasteiger partial charge in [0.05, 0.1) is 31.3 Å². The minimum Gasteiger partial charge on any atom is -0.466 e. The molecule has 2 atom stereocenters. The molecule has 0 saturated heterocycles. The summed E-state index contributed by atoms with van der Waals surface area (Å²) in [4.78, 5) is 23.8. The van der Waals surface area contributed by atoms with E-state index in [0.717, 1.165) is 5.56 Å². The first-order valence-corrected chi connectivity index (χ1v) is 8.27. The van der Waals surface area contributed by atoms with Gasteiger partial charge in [-0.05, 0) is 12.5 Å². The maximum Gasteiger partial charge on any atom is 0.313 e. The molecule has 0 fully saturated rings. The van der Waals surface area contributed by atoms with Gasteiger partial charge in [-0.15, -0.1) is 0 Å². The van der Waals surface area contributed by atoms with Crippen LogP contribution in [0.2, 0.25) is 0 Å². The van der Waals surface area contributed by atoms with E-state index < -0.39 is 17.5 Å². The molecule has 1 aromatic carbocycles. The molecule has 0 unspecified atom stereocenters. The molecule has 0 aliphatic heterocycles. The van der Waals surface area contributed by atoms with Crippen LogP contribution in [0.3, 0.4) is 0 Å². The van der Waals surface area contributed by atoms with Crippen molar-refractivity contribution < 1.29 is 24.2 Å². The average Bonchev–Trinajstić information content (AvgIpc) is 2.55. The lowest BCUT2D eigenvalue weighted by molar-refractivity contribution is -0.150. The van der Waals surface area contributed by atoms with Crippen LogP contribution >= 0.6 is 0 Å². The molecule has 0 amide bonds. The Morgan fingerprint density at radius 3 is 2.42 bits per heavy atom. The summed E-state index contributed by atoms with van der Waals surface area (Å²) in [7, 11) is 0. The monoisotopic (exact) mass is 336 g/mol. The zero-order valence-electron chi connectivity index (χ0n) is 15.0. The van der Waals surface area contributed by atoms with Crippen molar-refractivity contribution in [2.45, 2.75) is 46.8 Å². The van der Waals surface area contributed by atoms with Crippen molar-refractivity contribution in [3.05, 3.63) is 35.9 Å². The maximum atomic E-state index is 12.3. The van der Waals surface area contributed by atoms with Gasteiger partial charge in [0, 0.05) is 5.92 Å². The molecule has 1 rings (SSSR count). The van der Waals surface area contributed by atoms with E-state index in [9.17, 15) is 14.7 Å². The molecule has 1 N–H and O–H groups in total. The molecule has 0 aliphatic carbocycles. The number of esters is 1. The first kappa shape index (κ1) is 20.3. The van der Waals surface area contributed by atoms with Gasteiger partial charge in [-0.25, -0.2) is 0 Å². The SMILES string of the molecule is CCOC(=O)CC(=O)C(C)(C)[C@H](O)[C@H](C)COCc1ccccc1. The largest absolute Gasteiger partial charge is 0.466 e. The highest BCUT2D eigenvalue weighted by Crippen LogP contribution is 2.29. The standard InChI is InChI=1S/C19H28O5/c1-5-24-17(21)11-16(20)19(3,4)18(22)14(2)12-23-13-15-9-7-6-8-10-15/h6-10,14,18,22H,5,11-13H2,1-4H3/t14-,18-/m1/s1. The van der Waals surface area contributed by atoms with Crippen LogP contribution in [0.5, 0.6) is 0 Å². The second kappa shape index (κ2) is 9.55. The van der Waals surface area contributed by atoms with Crippen molar-refractivity contribution >= 4 is 11.8 Å². The number of hydrogen-bond donors (Lipinski definition) is 1. The van der Waals surface area contributed by atoms with Crippen LogP contribution in [0.25, 0.3) is 0 Å². The average molecular weight is 336 g/mol. The first-order valence-electron chi connectivity index (χ1n) is 8.27. The summed E-state index contributed by atoms with van der Waals surface area (Å²) in [6, 6.07) is 9.75. The highest BCUT2D eigenvalue weighted by Gasteiger charge is 2.39. The highest BCUT2D eigenvalue weighted by molar-refractivity contribution is 5.98. The van der Waals surface area contributed by atoms with Crippen molar-refractivity contribution in [1.29, 1.82) is 0 Å². The normalized spacial score (nSPS) is 14.0. The number of aliphatic hydroxyl groups is 1. The summed E-state index contributed by atoms with van der Waals surface area (Å²) < 4.78 is 10.4. The van der Waals surface area contributed by atoms with Crippen LogP contribution in [0, 0.1) is 11.3 Å². The van der Waals surface area contributed by atoms with Gasteiger partial charge in [0.2, 0.25) is 0 Å². The van der Waals surface area contributed by atoms with Crippen molar-refractivity contribution in [1.82, 2.24) is 0 Å². The number of ketones is 1. The van der Waals surface area contributed by atoms with Gasteiger partial charge in [0.1, 0.15) is 6.42 Å². The molecule has 134 valence electrons. The Morgan fingerprint density at radius 1 is 1.21 bits per heavy atom. The number of carbonyl (C=O) groups is 2. The molecule has 1 aromatic rings. The lowest BCUT2D eigenvalue weighted by Crippen LogP contribution is -2.43. The van der Waals surface area contributed by atoms with E-state index in [1.54, 1.807) is 20.8 Å². The lowest BCUT2D eigenvalue weighted by atomic mass is 9.76. The van der Waals surface area contributed by atoms with Gasteiger partial charge in [0.15, 0.2) is 5.78 Å². The maximum absolute atomic E-state index is 12.3. The minimum absolute atomic E-state index is 0.235. The molecule has 0 spiro atoms. The number of carbonyl (C=O) groups excluding carboxylic acids is 2. The summed E-state index contributed by atoms with van der Waals surface area (Å²) in [6.45, 7) is 7.82. The van der Waals surface area contributed by atoms with Crippen molar-refractivity contribution in [3.63, 3.8) is 0 Å². The van der Waals surface area contributed by atoms with Crippen molar-refractivity contribution in [3.8, 4) is 0 Å². The van der Waals surface area contributed by atoms with Gasteiger partial charge >= 0.3 is 5.97 Å². The summed E-state index contributed by atoms with van der Waals surface area (Å²) in [5.41, 5.74) is 0.0132. The lowest BCUT2D eigenvalue weighted by Gasteiger charge is -2.33. The Kier molecular flexibility index (Phi) is 8.08. The molecular weight excluding hydrogens is 308 g/mol. The zero-order chi connectivity index (χ0) is 18.2. The van der Waals surface area contributed by atoms with E-state index in [4.69, 9.17) is 9.47 Å². The predicted molar refractivity (Wildman–Crippen MR) is 91.3 cm³/mol. The Hall–Kier alpha value is -1.72. The van der Waals surface area contributed by atoms with Crippen molar-refractivity contribution in [2.24, 2.45) is 11.3 Å². The second-order valence-corrected chi connectivity index (χ2v) is 6.55. The van der Waals surface area contributed by atoms with Crippen molar-refractivity contribution in [2.75, 3.05) is 13.2 Å². The molecule has 24 heavy (non-hydrogen) atoms. The summed E-state index contributed by atoms with van der Waals surface area (Å²) >= 11 is 0. The van der Waals surface area contributed by atoms with Gasteiger partial charge in [-0.2, -0.15) is 0 Å². The Bertz CT molecular complexity index is 524. The number of Topliss-reactive ketones (excluding diaryl/α,β-unsaturated/α-hetero) is 1. The fourth-order valence-corrected chi connectivity index (χ4v) is 2.48. The number of rotatable bonds is 10. The van der Waals surface area contributed by atoms with E-state index in [0.29, 0.717) is 13.2 Å². The third-order valence-electron chi connectivity index (χ3n) is 4.10. The third-order valence-corrected chi connectivity index (χ3v) is 4.10. The van der Waals surface area contributed by atoms with Crippen LogP contribution in [0.15, 0.2) is 30.3 Å². The number of ether oxygens (including phenoxy) is 2.